The van der Waals surface area contributed by atoms with Crippen LogP contribution in [0, 0.1) is 10.1 Å². The molecule has 0 aliphatic rings. The lowest BCUT2D eigenvalue weighted by Gasteiger charge is -2.02. The highest BCUT2D eigenvalue weighted by molar-refractivity contribution is 8.00. The number of non-ortho nitro benzene ring substituents is 1. The molecule has 0 atom stereocenters. The van der Waals surface area contributed by atoms with Gasteiger partial charge in [0.25, 0.3) is 5.69 Å². The van der Waals surface area contributed by atoms with E-state index in [1.54, 1.807) is 12.1 Å². The molecule has 3 rings (SSSR count). The van der Waals surface area contributed by atoms with Crippen molar-refractivity contribution in [1.82, 2.24) is 4.98 Å². The molecule has 0 aliphatic carbocycles. The maximum absolute atomic E-state index is 12.0. The standard InChI is InChI=1S/C17H13N3O3S2/c21-16(11-24-14-8-6-13(7-9-14)20(22)23)19-17-18-15(10-25-17)12-4-2-1-3-5-12/h1-10H,11H2,(H,18,19,21). The molecule has 1 N–H and O–H groups in total. The lowest BCUT2D eigenvalue weighted by Crippen LogP contribution is -2.13. The van der Waals surface area contributed by atoms with Crippen LogP contribution in [-0.2, 0) is 4.79 Å². The van der Waals surface area contributed by atoms with E-state index in [1.807, 2.05) is 35.7 Å². The number of thioether (sulfide) groups is 1. The SMILES string of the molecule is O=C(CSc1ccc([N+](=O)[O-])cc1)Nc1nc(-c2ccccc2)cs1. The Morgan fingerprint density at radius 1 is 1.16 bits per heavy atom. The summed E-state index contributed by atoms with van der Waals surface area (Å²) in [5.74, 6) is 0.0373. The molecule has 0 fully saturated rings. The second-order valence-electron chi connectivity index (χ2n) is 4.99. The highest BCUT2D eigenvalue weighted by Crippen LogP contribution is 2.25. The van der Waals surface area contributed by atoms with Crippen LogP contribution in [0.1, 0.15) is 0 Å². The second-order valence-corrected chi connectivity index (χ2v) is 6.90. The topological polar surface area (TPSA) is 85.1 Å². The number of benzene rings is 2. The van der Waals surface area contributed by atoms with E-state index in [2.05, 4.69) is 10.3 Å². The Morgan fingerprint density at radius 3 is 2.56 bits per heavy atom. The van der Waals surface area contributed by atoms with Gasteiger partial charge in [-0.2, -0.15) is 0 Å². The first kappa shape index (κ1) is 17.1. The zero-order valence-corrected chi connectivity index (χ0v) is 14.5. The Hall–Kier alpha value is -2.71. The molecule has 1 heterocycles. The van der Waals surface area contributed by atoms with Crippen molar-refractivity contribution in [2.45, 2.75) is 4.90 Å². The molecule has 0 unspecified atom stereocenters. The zero-order valence-electron chi connectivity index (χ0n) is 12.9. The van der Waals surface area contributed by atoms with Crippen LogP contribution in [0.25, 0.3) is 11.3 Å². The fourth-order valence-corrected chi connectivity index (χ4v) is 3.48. The number of nitro groups is 1. The second kappa shape index (κ2) is 7.91. The Kier molecular flexibility index (Phi) is 5.42. The molecule has 0 spiro atoms. The normalized spacial score (nSPS) is 10.4. The average molecular weight is 371 g/mol. The molecule has 2 aromatic carbocycles. The number of rotatable bonds is 6. The molecule has 6 nitrogen and oxygen atoms in total. The van der Waals surface area contributed by atoms with Crippen LogP contribution in [0.15, 0.2) is 64.9 Å². The van der Waals surface area contributed by atoms with E-state index in [-0.39, 0.29) is 17.3 Å². The quantitative estimate of drug-likeness (QED) is 0.393. The number of hydrogen-bond donors (Lipinski definition) is 1. The summed E-state index contributed by atoms with van der Waals surface area (Å²) >= 11 is 2.69. The molecular weight excluding hydrogens is 358 g/mol. The Labute approximate surface area is 152 Å². The molecule has 126 valence electrons. The first-order valence-electron chi connectivity index (χ1n) is 7.30. The minimum Gasteiger partial charge on any atom is -0.301 e. The molecule has 25 heavy (non-hydrogen) atoms. The third-order valence-corrected chi connectivity index (χ3v) is 5.01. The van der Waals surface area contributed by atoms with Gasteiger partial charge < -0.3 is 5.32 Å². The van der Waals surface area contributed by atoms with Crippen LogP contribution >= 0.6 is 23.1 Å². The van der Waals surface area contributed by atoms with E-state index in [1.165, 1.54) is 35.2 Å². The minimum absolute atomic E-state index is 0.0324. The van der Waals surface area contributed by atoms with Crippen LogP contribution in [0.4, 0.5) is 10.8 Å². The van der Waals surface area contributed by atoms with Crippen molar-refractivity contribution in [3.63, 3.8) is 0 Å². The fourth-order valence-electron chi connectivity index (χ4n) is 2.04. The average Bonchev–Trinajstić information content (AvgIpc) is 3.09. The number of aromatic nitrogens is 1. The summed E-state index contributed by atoms with van der Waals surface area (Å²) in [6.45, 7) is 0. The van der Waals surface area contributed by atoms with Crippen molar-refractivity contribution in [3.8, 4) is 11.3 Å². The predicted molar refractivity (Wildman–Crippen MR) is 100 cm³/mol. The zero-order chi connectivity index (χ0) is 17.6. The summed E-state index contributed by atoms with van der Waals surface area (Å²) in [5.41, 5.74) is 1.86. The van der Waals surface area contributed by atoms with Gasteiger partial charge in [-0.15, -0.1) is 23.1 Å². The summed E-state index contributed by atoms with van der Waals surface area (Å²) in [6, 6.07) is 15.9. The maximum atomic E-state index is 12.0. The van der Waals surface area contributed by atoms with Crippen molar-refractivity contribution in [2.75, 3.05) is 11.1 Å². The molecular formula is C17H13N3O3S2. The molecule has 0 radical (unpaired) electrons. The number of nitrogens with one attached hydrogen (secondary N) is 1. The van der Waals surface area contributed by atoms with Crippen LogP contribution in [0.2, 0.25) is 0 Å². The molecule has 0 saturated heterocycles. The number of thiazole rings is 1. The van der Waals surface area contributed by atoms with E-state index in [9.17, 15) is 14.9 Å². The van der Waals surface area contributed by atoms with Crippen LogP contribution in [-0.4, -0.2) is 21.6 Å². The van der Waals surface area contributed by atoms with E-state index in [0.29, 0.717) is 5.13 Å². The van der Waals surface area contributed by atoms with Crippen molar-refractivity contribution < 1.29 is 9.72 Å². The number of carbonyl (C=O) groups is 1. The first-order chi connectivity index (χ1) is 12.1. The summed E-state index contributed by atoms with van der Waals surface area (Å²) < 4.78 is 0. The largest absolute Gasteiger partial charge is 0.301 e. The van der Waals surface area contributed by atoms with Gasteiger partial charge in [-0.25, -0.2) is 4.98 Å². The number of carbonyl (C=O) groups excluding carboxylic acids is 1. The van der Waals surface area contributed by atoms with Crippen molar-refractivity contribution in [3.05, 3.63) is 70.1 Å². The van der Waals surface area contributed by atoms with E-state index in [0.717, 1.165) is 16.2 Å². The molecule has 0 bridgehead atoms. The van der Waals surface area contributed by atoms with Gasteiger partial charge >= 0.3 is 0 Å². The summed E-state index contributed by atoms with van der Waals surface area (Å²) in [5, 5.41) is 15.8. The van der Waals surface area contributed by atoms with Gasteiger partial charge in [-0.3, -0.25) is 14.9 Å². The molecule has 1 amide bonds. The maximum Gasteiger partial charge on any atom is 0.269 e. The lowest BCUT2D eigenvalue weighted by molar-refractivity contribution is -0.384. The van der Waals surface area contributed by atoms with Gasteiger partial charge in [0.2, 0.25) is 5.91 Å². The highest BCUT2D eigenvalue weighted by atomic mass is 32.2. The lowest BCUT2D eigenvalue weighted by atomic mass is 10.2. The summed E-state index contributed by atoms with van der Waals surface area (Å²) in [4.78, 5) is 27.4. The smallest absolute Gasteiger partial charge is 0.269 e. The van der Waals surface area contributed by atoms with Gasteiger partial charge in [0.15, 0.2) is 5.13 Å². The summed E-state index contributed by atoms with van der Waals surface area (Å²) in [7, 11) is 0. The van der Waals surface area contributed by atoms with Gasteiger partial charge in [0, 0.05) is 28.0 Å². The third kappa shape index (κ3) is 4.65. The minimum atomic E-state index is -0.450. The fraction of sp³-hybridized carbons (Fsp3) is 0.0588. The van der Waals surface area contributed by atoms with Crippen molar-refractivity contribution >= 4 is 39.8 Å². The van der Waals surface area contributed by atoms with Gasteiger partial charge in [0.1, 0.15) is 0 Å². The number of nitrogens with zero attached hydrogens (tertiary/aromatic N) is 2. The number of amides is 1. The van der Waals surface area contributed by atoms with Crippen LogP contribution in [0.5, 0.6) is 0 Å². The van der Waals surface area contributed by atoms with Crippen molar-refractivity contribution in [2.24, 2.45) is 0 Å². The monoisotopic (exact) mass is 371 g/mol. The summed E-state index contributed by atoms with van der Waals surface area (Å²) in [6.07, 6.45) is 0. The molecule has 0 aliphatic heterocycles. The molecule has 8 heteroatoms. The van der Waals surface area contributed by atoms with Gasteiger partial charge in [-0.1, -0.05) is 30.3 Å². The van der Waals surface area contributed by atoms with Crippen molar-refractivity contribution in [1.29, 1.82) is 0 Å². The number of anilines is 1. The molecule has 3 aromatic rings. The van der Waals surface area contributed by atoms with E-state index >= 15 is 0 Å². The molecule has 1 aromatic heterocycles. The highest BCUT2D eigenvalue weighted by Gasteiger charge is 2.09. The Morgan fingerprint density at radius 2 is 1.88 bits per heavy atom. The van der Waals surface area contributed by atoms with Gasteiger partial charge in [0.05, 0.1) is 16.4 Å². The third-order valence-electron chi connectivity index (χ3n) is 3.24. The predicted octanol–water partition coefficient (Wildman–Crippen LogP) is 4.45. The van der Waals surface area contributed by atoms with E-state index in [4.69, 9.17) is 0 Å². The Balaban J connectivity index is 1.54. The van der Waals surface area contributed by atoms with Crippen LogP contribution < -0.4 is 5.32 Å². The number of nitro benzene ring substituents is 1. The molecule has 0 saturated carbocycles. The Bertz CT molecular complexity index is 880. The number of hydrogen-bond acceptors (Lipinski definition) is 6. The van der Waals surface area contributed by atoms with Gasteiger partial charge in [-0.05, 0) is 12.1 Å². The first-order valence-corrected chi connectivity index (χ1v) is 9.16. The van der Waals surface area contributed by atoms with Crippen LogP contribution in [0.3, 0.4) is 0 Å². The van der Waals surface area contributed by atoms with E-state index < -0.39 is 4.92 Å².